The van der Waals surface area contributed by atoms with Crippen LogP contribution in [0.15, 0.2) is 24.3 Å². The minimum Gasteiger partial charge on any atom is -0.480 e. The number of aryl methyl sites for hydroxylation is 1. The molecule has 1 aromatic carbocycles. The Bertz CT molecular complexity index is 568. The van der Waals surface area contributed by atoms with Crippen molar-refractivity contribution in [3.8, 4) is 0 Å². The zero-order valence-corrected chi connectivity index (χ0v) is 13.5. The van der Waals surface area contributed by atoms with E-state index in [2.05, 4.69) is 4.74 Å². The number of ether oxygens (including phenoxy) is 1. The van der Waals surface area contributed by atoms with Crippen LogP contribution < -0.4 is 5.73 Å². The number of hydrogen-bond donors (Lipinski definition) is 2. The summed E-state index contributed by atoms with van der Waals surface area (Å²) in [6, 6.07) is 5.69. The fourth-order valence-electron chi connectivity index (χ4n) is 1.82. The summed E-state index contributed by atoms with van der Waals surface area (Å²) in [4.78, 5) is 35.8. The molecule has 0 saturated carbocycles. The molecule has 0 bridgehead atoms. The lowest BCUT2D eigenvalue weighted by Crippen LogP contribution is -2.43. The van der Waals surface area contributed by atoms with Crippen LogP contribution in [0.5, 0.6) is 0 Å². The first-order chi connectivity index (χ1) is 10.7. The van der Waals surface area contributed by atoms with E-state index in [9.17, 15) is 19.5 Å². The molecule has 0 aliphatic heterocycles. The lowest BCUT2D eigenvalue weighted by molar-refractivity contribution is -0.161. The molecule has 23 heavy (non-hydrogen) atoms. The topological polar surface area (TPSA) is 110 Å². The first-order valence-electron chi connectivity index (χ1n) is 7.23. The minimum absolute atomic E-state index is 0.245. The molecule has 126 valence electrons. The van der Waals surface area contributed by atoms with E-state index in [1.807, 2.05) is 31.2 Å². The Hall–Kier alpha value is -2.25. The second-order valence-electron chi connectivity index (χ2n) is 5.49. The molecule has 0 heterocycles. The first-order valence-corrected chi connectivity index (χ1v) is 7.23. The van der Waals surface area contributed by atoms with Crippen molar-refractivity contribution in [1.29, 1.82) is 0 Å². The van der Waals surface area contributed by atoms with Gasteiger partial charge in [0.15, 0.2) is 0 Å². The summed E-state index contributed by atoms with van der Waals surface area (Å²) >= 11 is 0. The number of carboxylic acid groups (broad SMARTS) is 1. The molecular formula is C16H22N2O5. The molecule has 0 radical (unpaired) electrons. The van der Waals surface area contributed by atoms with E-state index in [0.717, 1.165) is 11.1 Å². The number of benzene rings is 1. The Balaban J connectivity index is 2.80. The molecule has 2 atom stereocenters. The zero-order valence-electron chi connectivity index (χ0n) is 13.5. The minimum atomic E-state index is -1.07. The van der Waals surface area contributed by atoms with Crippen LogP contribution in [-0.4, -0.2) is 46.5 Å². The molecule has 0 aliphatic rings. The predicted molar refractivity (Wildman–Crippen MR) is 83.4 cm³/mol. The number of hydrogen-bond acceptors (Lipinski definition) is 6. The van der Waals surface area contributed by atoms with Gasteiger partial charge in [-0.25, -0.2) is 4.79 Å². The maximum absolute atomic E-state index is 11.8. The highest BCUT2D eigenvalue weighted by Crippen LogP contribution is 2.10. The summed E-state index contributed by atoms with van der Waals surface area (Å²) in [5.74, 6) is -2.73. The van der Waals surface area contributed by atoms with Crippen LogP contribution in [0.2, 0.25) is 0 Å². The number of rotatable bonds is 7. The third kappa shape index (κ3) is 6.17. The van der Waals surface area contributed by atoms with Gasteiger partial charge in [-0.1, -0.05) is 29.8 Å². The number of carbonyl (C=O) groups is 3. The normalized spacial score (nSPS) is 13.4. The van der Waals surface area contributed by atoms with Crippen molar-refractivity contribution in [3.05, 3.63) is 35.4 Å². The molecule has 0 saturated heterocycles. The number of nitrogens with two attached hydrogens (primary N) is 1. The molecule has 0 aromatic heterocycles. The largest absolute Gasteiger partial charge is 0.480 e. The number of carboxylic acids is 1. The molecule has 7 nitrogen and oxygen atoms in total. The average molecular weight is 322 g/mol. The number of nitrogens with zero attached hydrogens (tertiary/aromatic N) is 1. The van der Waals surface area contributed by atoms with Crippen LogP contribution >= 0.6 is 0 Å². The van der Waals surface area contributed by atoms with Crippen molar-refractivity contribution < 1.29 is 24.2 Å². The van der Waals surface area contributed by atoms with Gasteiger partial charge in [-0.15, -0.1) is 0 Å². The maximum atomic E-state index is 11.8. The zero-order chi connectivity index (χ0) is 17.6. The highest BCUT2D eigenvalue weighted by molar-refractivity contribution is 5.89. The van der Waals surface area contributed by atoms with Crippen molar-refractivity contribution in [3.63, 3.8) is 0 Å². The highest BCUT2D eigenvalue weighted by Gasteiger charge is 2.25. The highest BCUT2D eigenvalue weighted by atomic mass is 16.6. The Morgan fingerprint density at radius 2 is 1.78 bits per heavy atom. The van der Waals surface area contributed by atoms with Crippen molar-refractivity contribution >= 4 is 17.9 Å². The van der Waals surface area contributed by atoms with Gasteiger partial charge in [0, 0.05) is 6.54 Å². The van der Waals surface area contributed by atoms with Crippen LogP contribution in [0.1, 0.15) is 25.0 Å². The number of carbonyl (C=O) groups excluding carboxylic acids is 2. The molecule has 1 rings (SSSR count). The summed E-state index contributed by atoms with van der Waals surface area (Å²) in [5, 5.41) is 9.18. The van der Waals surface area contributed by atoms with Gasteiger partial charge in [0.2, 0.25) is 0 Å². The average Bonchev–Trinajstić information content (AvgIpc) is 2.47. The summed E-state index contributed by atoms with van der Waals surface area (Å²) in [6.07, 6.45) is 0. The Morgan fingerprint density at radius 3 is 2.26 bits per heavy atom. The predicted octanol–water partition coefficient (Wildman–Crippen LogP) is 0.687. The first kappa shape index (κ1) is 18.8. The van der Waals surface area contributed by atoms with Crippen molar-refractivity contribution in [2.45, 2.75) is 39.4 Å². The van der Waals surface area contributed by atoms with E-state index in [0.29, 0.717) is 0 Å². The van der Waals surface area contributed by atoms with Crippen molar-refractivity contribution in [1.82, 2.24) is 4.90 Å². The fourth-order valence-corrected chi connectivity index (χ4v) is 1.82. The lowest BCUT2D eigenvalue weighted by Gasteiger charge is -2.25. The van der Waals surface area contributed by atoms with E-state index in [-0.39, 0.29) is 13.1 Å². The molecular weight excluding hydrogens is 300 g/mol. The Labute approximate surface area is 135 Å². The van der Waals surface area contributed by atoms with Crippen LogP contribution in [0.4, 0.5) is 0 Å². The maximum Gasteiger partial charge on any atom is 0.330 e. The van der Waals surface area contributed by atoms with Gasteiger partial charge < -0.3 is 15.6 Å². The van der Waals surface area contributed by atoms with Gasteiger partial charge in [0.1, 0.15) is 12.1 Å². The Morgan fingerprint density at radius 1 is 1.22 bits per heavy atom. The summed E-state index contributed by atoms with van der Waals surface area (Å²) in [6.45, 7) is 4.74. The second-order valence-corrected chi connectivity index (χ2v) is 5.49. The molecule has 1 aromatic rings. The van der Waals surface area contributed by atoms with Crippen LogP contribution in [0.25, 0.3) is 0 Å². The van der Waals surface area contributed by atoms with Gasteiger partial charge >= 0.3 is 17.9 Å². The van der Waals surface area contributed by atoms with Crippen LogP contribution in [-0.2, 0) is 25.7 Å². The van der Waals surface area contributed by atoms with Gasteiger partial charge in [-0.05, 0) is 26.3 Å². The fraction of sp³-hybridized carbons (Fsp3) is 0.438. The summed E-state index contributed by atoms with van der Waals surface area (Å²) < 4.78 is 4.59. The van der Waals surface area contributed by atoms with E-state index >= 15 is 0 Å². The molecule has 0 fully saturated rings. The third-order valence-corrected chi connectivity index (χ3v) is 3.33. The van der Waals surface area contributed by atoms with Crippen LogP contribution in [0, 0.1) is 6.92 Å². The molecule has 3 N–H and O–H groups in total. The van der Waals surface area contributed by atoms with Gasteiger partial charge in [-0.3, -0.25) is 14.5 Å². The van der Waals surface area contributed by atoms with E-state index < -0.39 is 30.0 Å². The molecule has 0 amide bonds. The van der Waals surface area contributed by atoms with Gasteiger partial charge in [-0.2, -0.15) is 0 Å². The van der Waals surface area contributed by atoms with E-state index in [1.54, 1.807) is 0 Å². The van der Waals surface area contributed by atoms with Gasteiger partial charge in [0.25, 0.3) is 0 Å². The summed E-state index contributed by atoms with van der Waals surface area (Å²) in [7, 11) is 0. The van der Waals surface area contributed by atoms with Crippen LogP contribution in [0.3, 0.4) is 0 Å². The van der Waals surface area contributed by atoms with Crippen molar-refractivity contribution in [2.75, 3.05) is 6.54 Å². The van der Waals surface area contributed by atoms with E-state index in [4.69, 9.17) is 5.73 Å². The van der Waals surface area contributed by atoms with Crippen molar-refractivity contribution in [2.24, 2.45) is 5.73 Å². The Kier molecular flexibility index (Phi) is 6.87. The quantitative estimate of drug-likeness (QED) is 0.561. The summed E-state index contributed by atoms with van der Waals surface area (Å²) in [5.41, 5.74) is 7.26. The smallest absolute Gasteiger partial charge is 0.330 e. The number of esters is 2. The van der Waals surface area contributed by atoms with E-state index in [1.165, 1.54) is 18.7 Å². The molecule has 1 unspecified atom stereocenters. The molecule has 7 heteroatoms. The molecule has 0 aliphatic carbocycles. The molecule has 0 spiro atoms. The second kappa shape index (κ2) is 8.40. The number of aliphatic carboxylic acids is 1. The third-order valence-electron chi connectivity index (χ3n) is 3.33. The van der Waals surface area contributed by atoms with Gasteiger partial charge in [0.05, 0.1) is 6.54 Å². The lowest BCUT2D eigenvalue weighted by atomic mass is 10.1. The monoisotopic (exact) mass is 322 g/mol. The standard InChI is InChI=1S/C16H22N2O5/c1-10-4-6-13(7-5-10)8-18(12(3)15(20)21)9-14(19)23-16(22)11(2)17/h4-7,11-12H,8-9,17H2,1-3H3,(H,20,21)/t11-,12?/m0/s1. The SMILES string of the molecule is Cc1ccc(CN(CC(=O)OC(=O)[C@H](C)N)C(C)C(=O)O)cc1.